The van der Waals surface area contributed by atoms with Gasteiger partial charge >= 0.3 is 0 Å². The Kier molecular flexibility index (Phi) is 5.67. The van der Waals surface area contributed by atoms with Crippen molar-refractivity contribution in [1.29, 1.82) is 0 Å². The van der Waals surface area contributed by atoms with Crippen LogP contribution < -0.4 is 20.1 Å². The number of amides is 2. The van der Waals surface area contributed by atoms with E-state index in [2.05, 4.69) is 15.4 Å². The van der Waals surface area contributed by atoms with E-state index in [9.17, 15) is 28.1 Å². The molecule has 0 saturated heterocycles. The molecule has 11 nitrogen and oxygen atoms in total. The zero-order valence-corrected chi connectivity index (χ0v) is 17.6. The number of anilines is 3. The van der Waals surface area contributed by atoms with Crippen LogP contribution >= 0.6 is 0 Å². The molecule has 4 rings (SSSR count). The van der Waals surface area contributed by atoms with Crippen molar-refractivity contribution in [2.24, 2.45) is 0 Å². The van der Waals surface area contributed by atoms with Gasteiger partial charge in [0.25, 0.3) is 27.5 Å². The molecule has 3 aromatic rings. The molecule has 0 spiro atoms. The lowest BCUT2D eigenvalue weighted by molar-refractivity contribution is -0.385. The third-order valence-corrected chi connectivity index (χ3v) is 5.99. The molecule has 0 aromatic heterocycles. The summed E-state index contributed by atoms with van der Waals surface area (Å²) in [6, 6.07) is 15.1. The molecule has 33 heavy (non-hydrogen) atoms. The molecular formula is C21H16N4O7S. The zero-order chi connectivity index (χ0) is 23.6. The number of non-ortho nitro benzene ring substituents is 1. The number of nitro groups is 1. The molecule has 0 aliphatic carbocycles. The first-order valence-electron chi connectivity index (χ1n) is 9.47. The summed E-state index contributed by atoms with van der Waals surface area (Å²) < 4.78 is 33.1. The van der Waals surface area contributed by atoms with Gasteiger partial charge in [0, 0.05) is 17.8 Å². The van der Waals surface area contributed by atoms with E-state index in [0.29, 0.717) is 17.1 Å². The van der Waals surface area contributed by atoms with Crippen LogP contribution in [-0.2, 0) is 14.8 Å². The summed E-state index contributed by atoms with van der Waals surface area (Å²) in [4.78, 5) is 34.3. The Balaban J connectivity index is 1.58. The van der Waals surface area contributed by atoms with E-state index in [-0.39, 0.29) is 34.3 Å². The quantitative estimate of drug-likeness (QED) is 0.371. The van der Waals surface area contributed by atoms with E-state index >= 15 is 0 Å². The number of carbonyl (C=O) groups excluding carboxylic acids is 2. The number of hydrogen-bond acceptors (Lipinski definition) is 7. The molecule has 1 heterocycles. The molecule has 0 bridgehead atoms. The van der Waals surface area contributed by atoms with Gasteiger partial charge in [-0.1, -0.05) is 18.2 Å². The maximum absolute atomic E-state index is 12.9. The molecule has 2 amide bonds. The van der Waals surface area contributed by atoms with E-state index in [0.717, 1.165) is 6.07 Å². The lowest BCUT2D eigenvalue weighted by atomic mass is 10.1. The van der Waals surface area contributed by atoms with Crippen molar-refractivity contribution in [2.75, 3.05) is 22.0 Å². The highest BCUT2D eigenvalue weighted by Crippen LogP contribution is 2.31. The molecule has 168 valence electrons. The number of fused-ring (bicyclic) bond motifs is 1. The Morgan fingerprint density at radius 1 is 1.06 bits per heavy atom. The van der Waals surface area contributed by atoms with Crippen LogP contribution in [0.2, 0.25) is 0 Å². The largest absolute Gasteiger partial charge is 0.482 e. The van der Waals surface area contributed by atoms with Crippen LogP contribution in [0.1, 0.15) is 10.4 Å². The van der Waals surface area contributed by atoms with E-state index in [1.54, 1.807) is 18.2 Å². The average Bonchev–Trinajstić information content (AvgIpc) is 2.79. The van der Waals surface area contributed by atoms with Gasteiger partial charge in [0.1, 0.15) is 5.75 Å². The molecule has 0 unspecified atom stereocenters. The van der Waals surface area contributed by atoms with Crippen molar-refractivity contribution in [3.8, 4) is 5.75 Å². The number of nitrogens with one attached hydrogen (secondary N) is 3. The van der Waals surface area contributed by atoms with Gasteiger partial charge in [0.15, 0.2) is 6.61 Å². The minimum Gasteiger partial charge on any atom is -0.482 e. The first-order chi connectivity index (χ1) is 15.7. The normalized spacial score (nSPS) is 12.7. The van der Waals surface area contributed by atoms with Crippen LogP contribution in [0, 0.1) is 10.1 Å². The van der Waals surface area contributed by atoms with Gasteiger partial charge < -0.3 is 15.4 Å². The molecular weight excluding hydrogens is 452 g/mol. The third kappa shape index (κ3) is 4.75. The van der Waals surface area contributed by atoms with Gasteiger partial charge in [-0.15, -0.1) is 0 Å². The first-order valence-corrected chi connectivity index (χ1v) is 11.0. The zero-order valence-electron chi connectivity index (χ0n) is 16.8. The van der Waals surface area contributed by atoms with Crippen LogP contribution in [0.3, 0.4) is 0 Å². The highest BCUT2D eigenvalue weighted by Gasteiger charge is 2.22. The number of hydrogen-bond donors (Lipinski definition) is 3. The summed E-state index contributed by atoms with van der Waals surface area (Å²) in [6.45, 7) is -0.100. The fourth-order valence-electron chi connectivity index (χ4n) is 3.10. The van der Waals surface area contributed by atoms with Crippen molar-refractivity contribution < 1.29 is 27.7 Å². The molecule has 1 aliphatic heterocycles. The number of carbonyl (C=O) groups is 2. The number of rotatable bonds is 6. The van der Waals surface area contributed by atoms with Crippen LogP contribution in [0.4, 0.5) is 22.7 Å². The van der Waals surface area contributed by atoms with Crippen LogP contribution in [0.5, 0.6) is 5.75 Å². The molecule has 0 saturated carbocycles. The molecule has 3 aromatic carbocycles. The second kappa shape index (κ2) is 8.59. The second-order valence-corrected chi connectivity index (χ2v) is 8.59. The number of sulfonamides is 1. The Hall–Kier alpha value is -4.45. The van der Waals surface area contributed by atoms with Crippen molar-refractivity contribution in [3.05, 3.63) is 82.4 Å². The monoisotopic (exact) mass is 468 g/mol. The average molecular weight is 468 g/mol. The Bertz CT molecular complexity index is 1390. The van der Waals surface area contributed by atoms with Crippen molar-refractivity contribution in [1.82, 2.24) is 0 Å². The van der Waals surface area contributed by atoms with Gasteiger partial charge in [-0.3, -0.25) is 24.4 Å². The van der Waals surface area contributed by atoms with Crippen molar-refractivity contribution in [3.63, 3.8) is 0 Å². The minimum absolute atomic E-state index is 0.0175. The third-order valence-electron chi connectivity index (χ3n) is 4.63. The SMILES string of the molecule is O=C1COc2ccc(NC(=O)c3ccccc3NS(=O)(=O)c3cccc([N+](=O)[O-])c3)cc2N1. The highest BCUT2D eigenvalue weighted by molar-refractivity contribution is 7.92. The molecule has 3 N–H and O–H groups in total. The fourth-order valence-corrected chi connectivity index (χ4v) is 4.22. The smallest absolute Gasteiger partial charge is 0.270 e. The Morgan fingerprint density at radius 3 is 2.64 bits per heavy atom. The molecule has 12 heteroatoms. The topological polar surface area (TPSA) is 157 Å². The van der Waals surface area contributed by atoms with Gasteiger partial charge in [0.05, 0.1) is 26.8 Å². The molecule has 0 fully saturated rings. The second-order valence-electron chi connectivity index (χ2n) is 6.91. The van der Waals surface area contributed by atoms with Crippen LogP contribution in [-0.4, -0.2) is 31.8 Å². The summed E-state index contributed by atoms with van der Waals surface area (Å²) in [5.74, 6) is -0.486. The van der Waals surface area contributed by atoms with E-state index in [1.807, 2.05) is 0 Å². The van der Waals surface area contributed by atoms with E-state index in [1.165, 1.54) is 42.5 Å². The lowest BCUT2D eigenvalue weighted by Gasteiger charge is -2.19. The summed E-state index contributed by atoms with van der Waals surface area (Å²) in [7, 11) is -4.21. The maximum Gasteiger partial charge on any atom is 0.270 e. The Morgan fingerprint density at radius 2 is 1.85 bits per heavy atom. The van der Waals surface area contributed by atoms with E-state index < -0.39 is 20.9 Å². The lowest BCUT2D eigenvalue weighted by Crippen LogP contribution is -2.25. The van der Waals surface area contributed by atoms with E-state index in [4.69, 9.17) is 4.74 Å². The highest BCUT2D eigenvalue weighted by atomic mass is 32.2. The fraction of sp³-hybridized carbons (Fsp3) is 0.0476. The van der Waals surface area contributed by atoms with Crippen molar-refractivity contribution in [2.45, 2.75) is 4.90 Å². The Labute approximate surface area is 187 Å². The summed E-state index contributed by atoms with van der Waals surface area (Å²) >= 11 is 0. The number of ether oxygens (including phenoxy) is 1. The number of nitrogens with zero attached hydrogens (tertiary/aromatic N) is 1. The van der Waals surface area contributed by atoms with Gasteiger partial charge in [-0.25, -0.2) is 8.42 Å². The summed E-state index contributed by atoms with van der Waals surface area (Å²) in [5.41, 5.74) is 0.359. The minimum atomic E-state index is -4.21. The first kappa shape index (κ1) is 21.8. The van der Waals surface area contributed by atoms with Crippen LogP contribution in [0.15, 0.2) is 71.6 Å². The summed E-state index contributed by atoms with van der Waals surface area (Å²) in [6.07, 6.45) is 0. The summed E-state index contributed by atoms with van der Waals surface area (Å²) in [5, 5.41) is 16.2. The predicted octanol–water partition coefficient (Wildman–Crippen LogP) is 2.98. The maximum atomic E-state index is 12.9. The molecule has 1 aliphatic rings. The number of benzene rings is 3. The molecule has 0 atom stereocenters. The van der Waals surface area contributed by atoms with Gasteiger partial charge in [-0.2, -0.15) is 0 Å². The van der Waals surface area contributed by atoms with Crippen LogP contribution in [0.25, 0.3) is 0 Å². The van der Waals surface area contributed by atoms with Gasteiger partial charge in [0.2, 0.25) is 0 Å². The number of nitro benzene ring substituents is 1. The standard InChI is InChI=1S/C21H16N4O7S/c26-20-12-32-19-9-8-13(10-18(19)23-20)22-21(27)16-6-1-2-7-17(16)24-33(30,31)15-5-3-4-14(11-15)25(28)29/h1-11,24H,12H2,(H,22,27)(H,23,26). The number of para-hydroxylation sites is 1. The predicted molar refractivity (Wildman–Crippen MR) is 119 cm³/mol. The molecule has 0 radical (unpaired) electrons. The van der Waals surface area contributed by atoms with Crippen molar-refractivity contribution >= 4 is 44.6 Å². The van der Waals surface area contributed by atoms with Gasteiger partial charge in [-0.05, 0) is 36.4 Å².